The standard InChI is InChI=1S/C25H28F3N5O3/c26-16-9-18(27)23(19(28)10-16)32-24-31-20-12-29-22(11-21(20)33(24)13-15-3-6-34-14-15)30-17-1-4-25(5-2-17)35-7-8-36-25/h9-12,15,17H,1-8,13-14H2,(H,29,30)(H,31,32). The lowest BCUT2D eigenvalue weighted by Gasteiger charge is -2.35. The van der Waals surface area contributed by atoms with Crippen LogP contribution in [0.4, 0.5) is 30.6 Å². The van der Waals surface area contributed by atoms with Crippen LogP contribution in [0.15, 0.2) is 24.4 Å². The molecule has 1 saturated carbocycles. The molecule has 1 aromatic carbocycles. The molecule has 6 rings (SSSR count). The van der Waals surface area contributed by atoms with Crippen molar-refractivity contribution >= 4 is 28.5 Å². The minimum absolute atomic E-state index is 0.230. The second-order valence-electron chi connectivity index (χ2n) is 9.73. The van der Waals surface area contributed by atoms with Crippen molar-refractivity contribution in [1.29, 1.82) is 0 Å². The molecule has 2 aliphatic heterocycles. The highest BCUT2D eigenvalue weighted by molar-refractivity contribution is 5.81. The summed E-state index contributed by atoms with van der Waals surface area (Å²) in [7, 11) is 0. The zero-order valence-electron chi connectivity index (χ0n) is 19.7. The van der Waals surface area contributed by atoms with Gasteiger partial charge in [0.2, 0.25) is 5.95 Å². The van der Waals surface area contributed by atoms with Crippen LogP contribution < -0.4 is 10.6 Å². The molecule has 2 aromatic heterocycles. The predicted molar refractivity (Wildman–Crippen MR) is 127 cm³/mol. The maximum atomic E-state index is 14.4. The van der Waals surface area contributed by atoms with E-state index in [1.807, 2.05) is 10.6 Å². The van der Waals surface area contributed by atoms with Crippen LogP contribution in [0.2, 0.25) is 0 Å². The Balaban J connectivity index is 1.28. The lowest BCUT2D eigenvalue weighted by molar-refractivity contribution is -0.177. The van der Waals surface area contributed by atoms with E-state index in [9.17, 15) is 13.2 Å². The van der Waals surface area contributed by atoms with E-state index in [0.717, 1.165) is 37.6 Å². The van der Waals surface area contributed by atoms with Crippen molar-refractivity contribution in [2.75, 3.05) is 37.1 Å². The normalized spacial score (nSPS) is 22.0. The van der Waals surface area contributed by atoms with Gasteiger partial charge < -0.3 is 29.4 Å². The molecular weight excluding hydrogens is 475 g/mol. The molecule has 0 bridgehead atoms. The number of nitrogens with one attached hydrogen (secondary N) is 2. The Hall–Kier alpha value is -2.89. The second kappa shape index (κ2) is 9.53. The summed E-state index contributed by atoms with van der Waals surface area (Å²) in [6, 6.07) is 3.42. The number of imidazole rings is 1. The van der Waals surface area contributed by atoms with Gasteiger partial charge in [0, 0.05) is 56.2 Å². The highest BCUT2D eigenvalue weighted by Crippen LogP contribution is 2.37. The molecule has 1 atom stereocenters. The SMILES string of the molecule is Fc1cc(F)c(Nc2nc3cnc(NC4CCC5(CC4)OCCO5)cc3n2CC2CCOC2)c(F)c1. The molecule has 1 aliphatic carbocycles. The van der Waals surface area contributed by atoms with Crippen LogP contribution in [0, 0.1) is 23.4 Å². The number of halogens is 3. The number of nitrogens with zero attached hydrogens (tertiary/aromatic N) is 3. The van der Waals surface area contributed by atoms with Gasteiger partial charge in [0.15, 0.2) is 17.4 Å². The van der Waals surface area contributed by atoms with Crippen molar-refractivity contribution < 1.29 is 27.4 Å². The Kier molecular flexibility index (Phi) is 6.22. The quantitative estimate of drug-likeness (QED) is 0.504. The number of fused-ring (bicyclic) bond motifs is 1. The molecule has 11 heteroatoms. The molecule has 8 nitrogen and oxygen atoms in total. The summed E-state index contributed by atoms with van der Waals surface area (Å²) in [6.07, 6.45) is 5.98. The molecule has 0 radical (unpaired) electrons. The molecule has 3 aliphatic rings. The molecule has 1 spiro atoms. The summed E-state index contributed by atoms with van der Waals surface area (Å²) in [4.78, 5) is 9.08. The van der Waals surface area contributed by atoms with Gasteiger partial charge in [0.05, 0.1) is 31.5 Å². The number of hydrogen-bond donors (Lipinski definition) is 2. The monoisotopic (exact) mass is 503 g/mol. The Labute approximate surface area is 206 Å². The topological polar surface area (TPSA) is 82.5 Å². The average molecular weight is 504 g/mol. The third-order valence-electron chi connectivity index (χ3n) is 7.26. The van der Waals surface area contributed by atoms with Gasteiger partial charge in [0.1, 0.15) is 22.8 Å². The van der Waals surface area contributed by atoms with Crippen LogP contribution in [0.25, 0.3) is 11.0 Å². The molecule has 192 valence electrons. The molecule has 0 amide bonds. The van der Waals surface area contributed by atoms with E-state index in [4.69, 9.17) is 14.2 Å². The number of aromatic nitrogens is 3. The van der Waals surface area contributed by atoms with E-state index in [-0.39, 0.29) is 17.9 Å². The lowest BCUT2D eigenvalue weighted by Crippen LogP contribution is -2.39. The Morgan fingerprint density at radius 3 is 2.44 bits per heavy atom. The first kappa shape index (κ1) is 23.5. The average Bonchev–Trinajstić information content (AvgIpc) is 3.60. The lowest BCUT2D eigenvalue weighted by atomic mass is 9.90. The molecular formula is C25H28F3N5O3. The Bertz CT molecular complexity index is 1220. The highest BCUT2D eigenvalue weighted by Gasteiger charge is 2.40. The van der Waals surface area contributed by atoms with E-state index in [2.05, 4.69) is 20.6 Å². The van der Waals surface area contributed by atoms with Gasteiger partial charge in [-0.3, -0.25) is 0 Å². The van der Waals surface area contributed by atoms with Crippen molar-refractivity contribution in [2.24, 2.45) is 5.92 Å². The van der Waals surface area contributed by atoms with Crippen molar-refractivity contribution in [3.63, 3.8) is 0 Å². The van der Waals surface area contributed by atoms with E-state index < -0.39 is 28.9 Å². The minimum Gasteiger partial charge on any atom is -0.381 e. The van der Waals surface area contributed by atoms with Crippen LogP contribution in [-0.4, -0.2) is 52.8 Å². The van der Waals surface area contributed by atoms with Gasteiger partial charge in [-0.2, -0.15) is 0 Å². The first-order chi connectivity index (χ1) is 17.5. The summed E-state index contributed by atoms with van der Waals surface area (Å²) in [6.45, 7) is 3.12. The molecule has 4 heterocycles. The zero-order valence-corrected chi connectivity index (χ0v) is 19.7. The molecule has 2 saturated heterocycles. The van der Waals surface area contributed by atoms with Gasteiger partial charge in [0.25, 0.3) is 0 Å². The Morgan fingerprint density at radius 2 is 1.75 bits per heavy atom. The van der Waals surface area contributed by atoms with Crippen LogP contribution in [-0.2, 0) is 20.8 Å². The molecule has 2 N–H and O–H groups in total. The molecule has 36 heavy (non-hydrogen) atoms. The summed E-state index contributed by atoms with van der Waals surface area (Å²) in [5, 5.41) is 6.26. The van der Waals surface area contributed by atoms with Gasteiger partial charge in [-0.25, -0.2) is 23.1 Å². The van der Waals surface area contributed by atoms with Gasteiger partial charge in [-0.1, -0.05) is 0 Å². The second-order valence-corrected chi connectivity index (χ2v) is 9.73. The number of hydrogen-bond acceptors (Lipinski definition) is 7. The van der Waals surface area contributed by atoms with Crippen LogP contribution in [0.3, 0.4) is 0 Å². The van der Waals surface area contributed by atoms with Gasteiger partial charge in [-0.05, 0) is 19.3 Å². The smallest absolute Gasteiger partial charge is 0.208 e. The van der Waals surface area contributed by atoms with Crippen molar-refractivity contribution in [3.05, 3.63) is 41.8 Å². The van der Waals surface area contributed by atoms with E-state index in [1.54, 1.807) is 6.20 Å². The fourth-order valence-electron chi connectivity index (χ4n) is 5.34. The number of pyridine rings is 1. The number of rotatable bonds is 6. The third kappa shape index (κ3) is 4.62. The first-order valence-corrected chi connectivity index (χ1v) is 12.4. The third-order valence-corrected chi connectivity index (χ3v) is 7.26. The van der Waals surface area contributed by atoms with Crippen molar-refractivity contribution in [1.82, 2.24) is 14.5 Å². The van der Waals surface area contributed by atoms with Gasteiger partial charge in [-0.15, -0.1) is 0 Å². The molecule has 1 unspecified atom stereocenters. The van der Waals surface area contributed by atoms with Crippen molar-refractivity contribution in [3.8, 4) is 0 Å². The van der Waals surface area contributed by atoms with E-state index in [0.29, 0.717) is 56.4 Å². The predicted octanol–water partition coefficient (Wildman–Crippen LogP) is 4.73. The van der Waals surface area contributed by atoms with E-state index in [1.165, 1.54) is 0 Å². The number of ether oxygens (including phenoxy) is 3. The van der Waals surface area contributed by atoms with Crippen LogP contribution >= 0.6 is 0 Å². The maximum Gasteiger partial charge on any atom is 0.208 e. The summed E-state index contributed by atoms with van der Waals surface area (Å²) >= 11 is 0. The van der Waals surface area contributed by atoms with E-state index >= 15 is 0 Å². The fourth-order valence-corrected chi connectivity index (χ4v) is 5.34. The largest absolute Gasteiger partial charge is 0.381 e. The molecule has 3 fully saturated rings. The highest BCUT2D eigenvalue weighted by atomic mass is 19.1. The zero-order chi connectivity index (χ0) is 24.7. The summed E-state index contributed by atoms with van der Waals surface area (Å²) in [5.41, 5.74) is 0.911. The number of anilines is 3. The summed E-state index contributed by atoms with van der Waals surface area (Å²) in [5.74, 6) is -2.27. The van der Waals surface area contributed by atoms with Crippen molar-refractivity contribution in [2.45, 2.75) is 50.5 Å². The molecule has 3 aromatic rings. The van der Waals surface area contributed by atoms with Gasteiger partial charge >= 0.3 is 0 Å². The van der Waals surface area contributed by atoms with Crippen LogP contribution in [0.5, 0.6) is 0 Å². The fraction of sp³-hybridized carbons (Fsp3) is 0.520. The number of benzene rings is 1. The summed E-state index contributed by atoms with van der Waals surface area (Å²) < 4.78 is 61.2. The maximum absolute atomic E-state index is 14.4. The Morgan fingerprint density at radius 1 is 1.00 bits per heavy atom. The van der Waals surface area contributed by atoms with Crippen LogP contribution in [0.1, 0.15) is 32.1 Å². The minimum atomic E-state index is -1.03. The first-order valence-electron chi connectivity index (χ1n) is 12.4.